The molecule has 0 radical (unpaired) electrons. The van der Waals surface area contributed by atoms with Crippen LogP contribution in [0.25, 0.3) is 82.1 Å². The highest BCUT2D eigenvalue weighted by Gasteiger charge is 2.17. The maximum absolute atomic E-state index is 4.40. The van der Waals surface area contributed by atoms with Crippen molar-refractivity contribution in [1.82, 2.24) is 9.55 Å². The molecule has 0 spiro atoms. The van der Waals surface area contributed by atoms with E-state index in [9.17, 15) is 0 Å². The molecule has 0 atom stereocenters. The number of fused-ring (bicyclic) bond motifs is 3. The van der Waals surface area contributed by atoms with Gasteiger partial charge in [0.05, 0.1) is 22.9 Å². The molecule has 0 fully saturated rings. The summed E-state index contributed by atoms with van der Waals surface area (Å²) in [7, 11) is 0. The molecule has 11 rings (SSSR count). The molecule has 3 nitrogen and oxygen atoms in total. The van der Waals surface area contributed by atoms with E-state index in [0.29, 0.717) is 0 Å². The number of benzene rings is 9. The minimum absolute atomic E-state index is 1.03. The van der Waals surface area contributed by atoms with Gasteiger partial charge in [0.15, 0.2) is 0 Å². The number of rotatable bonds is 6. The standard InChI is InChI=1S/C51H33N3/c1-3-10-42(11-4-1)53(45-14-9-27-52-33-45)44-24-21-34(22-25-44)40-28-36-17-19-38-30-41(31-39-20-18-37(29-40)50(36)51(38)39)35-23-26-49-47(32-35)46-15-7-8-16-48(46)54(49)43-12-5-2-6-13-43/h1-33H. The second kappa shape index (κ2) is 12.2. The zero-order valence-electron chi connectivity index (χ0n) is 29.4. The molecule has 3 heteroatoms. The number of nitrogens with zero attached hydrogens (tertiary/aromatic N) is 3. The smallest absolute Gasteiger partial charge is 0.0644 e. The number of anilines is 3. The SMILES string of the molecule is c1ccc(N(c2ccc(-c3cc4ccc5cc(-c6ccc7c(c6)c6ccccc6n7-c6ccccc6)cc6ccc(c3)c4c56)cc2)c2cccnc2)cc1. The molecular weight excluding hydrogens is 655 g/mol. The summed E-state index contributed by atoms with van der Waals surface area (Å²) in [5, 5.41) is 10.2. The first kappa shape index (κ1) is 30.4. The van der Waals surface area contributed by atoms with Gasteiger partial charge in [0.2, 0.25) is 0 Å². The van der Waals surface area contributed by atoms with Crippen LogP contribution in [0, 0.1) is 0 Å². The Morgan fingerprint density at radius 2 is 0.907 bits per heavy atom. The van der Waals surface area contributed by atoms with Crippen LogP contribution < -0.4 is 4.90 Å². The molecule has 11 aromatic rings. The van der Waals surface area contributed by atoms with Crippen LogP contribution in [0.3, 0.4) is 0 Å². The van der Waals surface area contributed by atoms with Gasteiger partial charge in [-0.1, -0.05) is 97.1 Å². The Morgan fingerprint density at radius 1 is 0.370 bits per heavy atom. The molecule has 54 heavy (non-hydrogen) atoms. The summed E-state index contributed by atoms with van der Waals surface area (Å²) in [6, 6.07) is 68.3. The van der Waals surface area contributed by atoms with Crippen LogP contribution >= 0.6 is 0 Å². The van der Waals surface area contributed by atoms with E-state index in [2.05, 4.69) is 190 Å². The Labute approximate surface area is 313 Å². The molecule has 9 aromatic carbocycles. The van der Waals surface area contributed by atoms with Crippen LogP contribution in [0.1, 0.15) is 0 Å². The van der Waals surface area contributed by atoms with Gasteiger partial charge < -0.3 is 9.47 Å². The predicted octanol–water partition coefficient (Wildman–Crippen LogP) is 13.9. The number of para-hydroxylation sites is 3. The van der Waals surface area contributed by atoms with Crippen molar-refractivity contribution in [3.63, 3.8) is 0 Å². The maximum Gasteiger partial charge on any atom is 0.0644 e. The van der Waals surface area contributed by atoms with Crippen LogP contribution in [-0.4, -0.2) is 9.55 Å². The molecule has 0 aliphatic carbocycles. The summed E-state index contributed by atoms with van der Waals surface area (Å²) >= 11 is 0. The first-order chi connectivity index (χ1) is 26.8. The van der Waals surface area contributed by atoms with Crippen molar-refractivity contribution in [3.05, 3.63) is 200 Å². The zero-order valence-corrected chi connectivity index (χ0v) is 29.4. The largest absolute Gasteiger partial charge is 0.309 e. The van der Waals surface area contributed by atoms with Crippen molar-refractivity contribution in [3.8, 4) is 27.9 Å². The second-order valence-corrected chi connectivity index (χ2v) is 14.1. The fourth-order valence-corrected chi connectivity index (χ4v) is 8.49. The lowest BCUT2D eigenvalue weighted by molar-refractivity contribution is 1.18. The lowest BCUT2D eigenvalue weighted by Crippen LogP contribution is -2.09. The molecule has 2 heterocycles. The number of aromatic nitrogens is 2. The van der Waals surface area contributed by atoms with E-state index < -0.39 is 0 Å². The van der Waals surface area contributed by atoms with Gasteiger partial charge in [-0.05, 0) is 146 Å². The molecule has 0 saturated carbocycles. The Balaban J connectivity index is 0.982. The van der Waals surface area contributed by atoms with Crippen molar-refractivity contribution in [2.45, 2.75) is 0 Å². The highest BCUT2D eigenvalue weighted by molar-refractivity contribution is 6.24. The van der Waals surface area contributed by atoms with Crippen molar-refractivity contribution in [2.24, 2.45) is 0 Å². The summed E-state index contributed by atoms with van der Waals surface area (Å²) in [6.45, 7) is 0. The Bertz CT molecular complexity index is 3020. The van der Waals surface area contributed by atoms with Gasteiger partial charge in [-0.2, -0.15) is 0 Å². The molecule has 0 unspecified atom stereocenters. The van der Waals surface area contributed by atoms with Crippen molar-refractivity contribution >= 4 is 71.2 Å². The summed E-state index contributed by atoms with van der Waals surface area (Å²) in [5.41, 5.74) is 11.7. The average Bonchev–Trinajstić information content (AvgIpc) is 3.58. The van der Waals surface area contributed by atoms with Gasteiger partial charge in [-0.15, -0.1) is 0 Å². The second-order valence-electron chi connectivity index (χ2n) is 14.1. The predicted molar refractivity (Wildman–Crippen MR) is 228 cm³/mol. The molecule has 0 N–H and O–H groups in total. The summed E-state index contributed by atoms with van der Waals surface area (Å²) < 4.78 is 2.37. The van der Waals surface area contributed by atoms with Crippen LogP contribution in [0.15, 0.2) is 200 Å². The molecule has 0 amide bonds. The quantitative estimate of drug-likeness (QED) is 0.162. The molecule has 0 saturated heterocycles. The third-order valence-corrected chi connectivity index (χ3v) is 10.9. The van der Waals surface area contributed by atoms with Gasteiger partial charge in [0.1, 0.15) is 0 Å². The molecule has 0 aliphatic heterocycles. The van der Waals surface area contributed by atoms with Gasteiger partial charge >= 0.3 is 0 Å². The van der Waals surface area contributed by atoms with Gasteiger partial charge in [0, 0.05) is 34.0 Å². The van der Waals surface area contributed by atoms with E-state index in [0.717, 1.165) is 17.1 Å². The third kappa shape index (κ3) is 4.87. The van der Waals surface area contributed by atoms with Crippen LogP contribution in [0.2, 0.25) is 0 Å². The van der Waals surface area contributed by atoms with Crippen molar-refractivity contribution < 1.29 is 0 Å². The normalized spacial score (nSPS) is 11.7. The van der Waals surface area contributed by atoms with Crippen LogP contribution in [0.4, 0.5) is 17.1 Å². The topological polar surface area (TPSA) is 21.1 Å². The van der Waals surface area contributed by atoms with E-state index >= 15 is 0 Å². The number of pyridine rings is 1. The lowest BCUT2D eigenvalue weighted by Gasteiger charge is -2.25. The van der Waals surface area contributed by atoms with Gasteiger partial charge in [-0.3, -0.25) is 4.98 Å². The summed E-state index contributed by atoms with van der Waals surface area (Å²) in [6.07, 6.45) is 3.72. The van der Waals surface area contributed by atoms with Gasteiger partial charge in [-0.25, -0.2) is 0 Å². The van der Waals surface area contributed by atoms with Crippen molar-refractivity contribution in [2.75, 3.05) is 4.90 Å². The summed E-state index contributed by atoms with van der Waals surface area (Å²) in [5.74, 6) is 0. The van der Waals surface area contributed by atoms with E-state index in [1.54, 1.807) is 0 Å². The molecular formula is C51H33N3. The fourth-order valence-electron chi connectivity index (χ4n) is 8.49. The minimum atomic E-state index is 1.03. The average molecular weight is 688 g/mol. The Kier molecular flexibility index (Phi) is 6.86. The fraction of sp³-hybridized carbons (Fsp3) is 0. The maximum atomic E-state index is 4.40. The van der Waals surface area contributed by atoms with E-state index in [4.69, 9.17) is 0 Å². The minimum Gasteiger partial charge on any atom is -0.309 e. The van der Waals surface area contributed by atoms with Crippen LogP contribution in [0.5, 0.6) is 0 Å². The third-order valence-electron chi connectivity index (χ3n) is 10.9. The first-order valence-electron chi connectivity index (χ1n) is 18.4. The Morgan fingerprint density at radius 3 is 1.56 bits per heavy atom. The van der Waals surface area contributed by atoms with Crippen molar-refractivity contribution in [1.29, 1.82) is 0 Å². The molecule has 2 aromatic heterocycles. The highest BCUT2D eigenvalue weighted by Crippen LogP contribution is 2.42. The van der Waals surface area contributed by atoms with Gasteiger partial charge in [0.25, 0.3) is 0 Å². The molecule has 252 valence electrons. The number of hydrogen-bond donors (Lipinski definition) is 0. The number of hydrogen-bond acceptors (Lipinski definition) is 2. The van der Waals surface area contributed by atoms with Crippen LogP contribution in [-0.2, 0) is 0 Å². The molecule has 0 aliphatic rings. The van der Waals surface area contributed by atoms with E-state index in [1.165, 1.54) is 82.1 Å². The van der Waals surface area contributed by atoms with E-state index in [-0.39, 0.29) is 0 Å². The highest BCUT2D eigenvalue weighted by atomic mass is 15.1. The monoisotopic (exact) mass is 687 g/mol. The summed E-state index contributed by atoms with van der Waals surface area (Å²) in [4.78, 5) is 6.64. The van der Waals surface area contributed by atoms with E-state index in [1.807, 2.05) is 24.5 Å². The Hall–Kier alpha value is -7.23. The lowest BCUT2D eigenvalue weighted by atomic mass is 9.89. The zero-order chi connectivity index (χ0) is 35.6. The first-order valence-corrected chi connectivity index (χ1v) is 18.4. The molecule has 0 bridgehead atoms.